The van der Waals surface area contributed by atoms with E-state index in [0.29, 0.717) is 36.6 Å². The number of halogens is 1. The molecule has 1 saturated heterocycles. The summed E-state index contributed by atoms with van der Waals surface area (Å²) in [6, 6.07) is 10.0. The fraction of sp³-hybridized carbons (Fsp3) is 0.385. The van der Waals surface area contributed by atoms with Gasteiger partial charge in [0.15, 0.2) is 0 Å². The maximum absolute atomic E-state index is 13.6. The van der Waals surface area contributed by atoms with Crippen molar-refractivity contribution in [3.63, 3.8) is 0 Å². The first kappa shape index (κ1) is 24.5. The predicted octanol–water partition coefficient (Wildman–Crippen LogP) is 4.30. The SMILES string of the molecule is CCCCOc1ccc(/C(O)=C2\C(=O)C(=O)N(CCN(C)C)[C@H]2c2ccc(F)cc2)cc1C. The molecule has 1 fully saturated rings. The van der Waals surface area contributed by atoms with E-state index in [4.69, 9.17) is 4.74 Å². The minimum Gasteiger partial charge on any atom is -0.507 e. The molecule has 1 aliphatic rings. The number of benzene rings is 2. The molecular formula is C26H31FN2O4. The number of aryl methyl sites for hydroxylation is 1. The Hall–Kier alpha value is -3.19. The van der Waals surface area contributed by atoms with Crippen molar-refractivity contribution in [2.45, 2.75) is 32.7 Å². The van der Waals surface area contributed by atoms with Crippen molar-refractivity contribution in [1.82, 2.24) is 9.80 Å². The van der Waals surface area contributed by atoms with Crippen LogP contribution in [0.5, 0.6) is 5.75 Å². The van der Waals surface area contributed by atoms with E-state index < -0.39 is 23.5 Å². The molecule has 0 aromatic heterocycles. The van der Waals surface area contributed by atoms with E-state index >= 15 is 0 Å². The molecule has 0 spiro atoms. The number of ketones is 1. The van der Waals surface area contributed by atoms with Gasteiger partial charge in [0.25, 0.3) is 11.7 Å². The van der Waals surface area contributed by atoms with Crippen molar-refractivity contribution in [1.29, 1.82) is 0 Å². The number of unbranched alkanes of at least 4 members (excludes halogenated alkanes) is 1. The summed E-state index contributed by atoms with van der Waals surface area (Å²) in [6.07, 6.45) is 1.96. The Morgan fingerprint density at radius 3 is 2.45 bits per heavy atom. The molecule has 6 nitrogen and oxygen atoms in total. The second-order valence-corrected chi connectivity index (χ2v) is 8.53. The van der Waals surface area contributed by atoms with Crippen LogP contribution in [0.25, 0.3) is 5.76 Å². The molecule has 0 aliphatic carbocycles. The first-order valence-electron chi connectivity index (χ1n) is 11.2. The molecule has 3 rings (SSSR count). The molecule has 7 heteroatoms. The van der Waals surface area contributed by atoms with E-state index in [0.717, 1.165) is 18.4 Å². The second kappa shape index (κ2) is 10.6. The van der Waals surface area contributed by atoms with Crippen LogP contribution >= 0.6 is 0 Å². The Kier molecular flexibility index (Phi) is 7.87. The zero-order valence-corrected chi connectivity index (χ0v) is 19.6. The number of likely N-dealkylation sites (N-methyl/N-ethyl adjacent to an activating group) is 1. The molecule has 1 heterocycles. The summed E-state index contributed by atoms with van der Waals surface area (Å²) in [7, 11) is 3.74. The fourth-order valence-electron chi connectivity index (χ4n) is 3.85. The summed E-state index contributed by atoms with van der Waals surface area (Å²) < 4.78 is 19.3. The molecule has 0 bridgehead atoms. The number of carbonyl (C=O) groups is 2. The largest absolute Gasteiger partial charge is 0.507 e. The van der Waals surface area contributed by atoms with Crippen molar-refractivity contribution in [2.75, 3.05) is 33.8 Å². The normalized spacial score (nSPS) is 17.8. The van der Waals surface area contributed by atoms with Crippen LogP contribution in [0.4, 0.5) is 4.39 Å². The van der Waals surface area contributed by atoms with E-state index in [2.05, 4.69) is 6.92 Å². The standard InChI is InChI=1S/C26H31FN2O4/c1-5-6-15-33-21-12-9-19(16-17(21)2)24(30)22-23(18-7-10-20(27)11-8-18)29(14-13-28(3)4)26(32)25(22)31/h7-12,16,23,30H,5-6,13-15H2,1-4H3/b24-22+/t23-/m0/s1. The van der Waals surface area contributed by atoms with E-state index in [1.807, 2.05) is 25.9 Å². The number of likely N-dealkylation sites (tertiary alicyclic amines) is 1. The number of ether oxygens (including phenoxy) is 1. The van der Waals surface area contributed by atoms with Crippen LogP contribution in [0, 0.1) is 12.7 Å². The monoisotopic (exact) mass is 454 g/mol. The van der Waals surface area contributed by atoms with Crippen molar-refractivity contribution >= 4 is 17.4 Å². The molecule has 176 valence electrons. The first-order valence-corrected chi connectivity index (χ1v) is 11.2. The van der Waals surface area contributed by atoms with E-state index in [1.165, 1.54) is 29.2 Å². The fourth-order valence-corrected chi connectivity index (χ4v) is 3.85. The average Bonchev–Trinajstić information content (AvgIpc) is 3.03. The van der Waals surface area contributed by atoms with Crippen LogP contribution < -0.4 is 4.74 Å². The third-order valence-corrected chi connectivity index (χ3v) is 5.72. The van der Waals surface area contributed by atoms with Gasteiger partial charge in [-0.25, -0.2) is 4.39 Å². The highest BCUT2D eigenvalue weighted by molar-refractivity contribution is 6.46. The molecule has 0 radical (unpaired) electrons. The lowest BCUT2D eigenvalue weighted by Crippen LogP contribution is -2.35. The number of Topliss-reactive ketones (excluding diaryl/α,β-unsaturated/α-hetero) is 1. The Bertz CT molecular complexity index is 1050. The van der Waals surface area contributed by atoms with Crippen LogP contribution in [0.2, 0.25) is 0 Å². The molecule has 2 aromatic rings. The first-order chi connectivity index (χ1) is 15.7. The summed E-state index contributed by atoms with van der Waals surface area (Å²) in [5.41, 5.74) is 1.81. The topological polar surface area (TPSA) is 70.1 Å². The zero-order valence-electron chi connectivity index (χ0n) is 19.6. The molecule has 1 atom stereocenters. The lowest BCUT2D eigenvalue weighted by molar-refractivity contribution is -0.140. The summed E-state index contributed by atoms with van der Waals surface area (Å²) in [6.45, 7) is 5.38. The number of aliphatic hydroxyl groups excluding tert-OH is 1. The third-order valence-electron chi connectivity index (χ3n) is 5.72. The quantitative estimate of drug-likeness (QED) is 0.265. The van der Waals surface area contributed by atoms with E-state index in [1.54, 1.807) is 18.2 Å². The maximum atomic E-state index is 13.6. The predicted molar refractivity (Wildman–Crippen MR) is 126 cm³/mol. The third kappa shape index (κ3) is 5.42. The van der Waals surface area contributed by atoms with Gasteiger partial charge in [-0.2, -0.15) is 0 Å². The molecule has 33 heavy (non-hydrogen) atoms. The average molecular weight is 455 g/mol. The minimum absolute atomic E-state index is 0.00409. The number of amides is 1. The smallest absolute Gasteiger partial charge is 0.295 e. The van der Waals surface area contributed by atoms with Gasteiger partial charge in [0, 0.05) is 18.7 Å². The van der Waals surface area contributed by atoms with Gasteiger partial charge in [-0.15, -0.1) is 0 Å². The van der Waals surface area contributed by atoms with Crippen molar-refractivity contribution in [2.24, 2.45) is 0 Å². The summed E-state index contributed by atoms with van der Waals surface area (Å²) in [5, 5.41) is 11.2. The van der Waals surface area contributed by atoms with Crippen molar-refractivity contribution in [3.8, 4) is 5.75 Å². The van der Waals surface area contributed by atoms with Gasteiger partial charge < -0.3 is 19.6 Å². The number of hydrogen-bond acceptors (Lipinski definition) is 5. The summed E-state index contributed by atoms with van der Waals surface area (Å²) in [4.78, 5) is 29.3. The van der Waals surface area contributed by atoms with E-state index in [9.17, 15) is 19.1 Å². The number of hydrogen-bond donors (Lipinski definition) is 1. The Morgan fingerprint density at radius 1 is 1.15 bits per heavy atom. The molecular weight excluding hydrogens is 423 g/mol. The van der Waals surface area contributed by atoms with E-state index in [-0.39, 0.29) is 11.3 Å². The van der Waals surface area contributed by atoms with Crippen LogP contribution in [0.1, 0.15) is 42.5 Å². The highest BCUT2D eigenvalue weighted by Gasteiger charge is 2.45. The Balaban J connectivity index is 2.04. The van der Waals surface area contributed by atoms with Gasteiger partial charge in [-0.3, -0.25) is 9.59 Å². The van der Waals surface area contributed by atoms with Crippen molar-refractivity contribution < 1.29 is 23.8 Å². The second-order valence-electron chi connectivity index (χ2n) is 8.53. The number of rotatable bonds is 9. The summed E-state index contributed by atoms with van der Waals surface area (Å²) >= 11 is 0. The molecule has 0 saturated carbocycles. The van der Waals surface area contributed by atoms with Gasteiger partial charge in [-0.05, 0) is 68.9 Å². The van der Waals surface area contributed by atoms with Gasteiger partial charge in [0.1, 0.15) is 17.3 Å². The van der Waals surface area contributed by atoms with Crippen LogP contribution in [-0.4, -0.2) is 60.4 Å². The molecule has 1 amide bonds. The van der Waals surface area contributed by atoms with Gasteiger partial charge >= 0.3 is 0 Å². The molecule has 2 aromatic carbocycles. The maximum Gasteiger partial charge on any atom is 0.295 e. The molecule has 1 N–H and O–H groups in total. The van der Waals surface area contributed by atoms with Crippen LogP contribution in [-0.2, 0) is 9.59 Å². The van der Waals surface area contributed by atoms with Gasteiger partial charge in [0.2, 0.25) is 0 Å². The van der Waals surface area contributed by atoms with Gasteiger partial charge in [0.05, 0.1) is 18.2 Å². The number of carbonyl (C=O) groups excluding carboxylic acids is 2. The van der Waals surface area contributed by atoms with Crippen LogP contribution in [0.15, 0.2) is 48.0 Å². The lowest BCUT2D eigenvalue weighted by Gasteiger charge is -2.26. The summed E-state index contributed by atoms with van der Waals surface area (Å²) in [5.74, 6) is -1.39. The minimum atomic E-state index is -0.800. The van der Waals surface area contributed by atoms with Crippen LogP contribution in [0.3, 0.4) is 0 Å². The Labute approximate surface area is 194 Å². The highest BCUT2D eigenvalue weighted by Crippen LogP contribution is 2.39. The van der Waals surface area contributed by atoms with Gasteiger partial charge in [-0.1, -0.05) is 25.5 Å². The highest BCUT2D eigenvalue weighted by atomic mass is 19.1. The lowest BCUT2D eigenvalue weighted by atomic mass is 9.94. The number of nitrogens with zero attached hydrogens (tertiary/aromatic N) is 2. The number of aliphatic hydroxyl groups is 1. The zero-order chi connectivity index (χ0) is 24.1. The molecule has 1 aliphatic heterocycles. The molecule has 0 unspecified atom stereocenters. The Morgan fingerprint density at radius 2 is 1.85 bits per heavy atom. The van der Waals surface area contributed by atoms with Crippen molar-refractivity contribution in [3.05, 3.63) is 70.5 Å².